The summed E-state index contributed by atoms with van der Waals surface area (Å²) in [5.41, 5.74) is -4.22. The van der Waals surface area contributed by atoms with Gasteiger partial charge in [-0.05, 0) is 42.0 Å². The highest BCUT2D eigenvalue weighted by atomic mass is 32.1. The van der Waals surface area contributed by atoms with Crippen LogP contribution in [0.5, 0.6) is 0 Å². The molecule has 45 heavy (non-hydrogen) atoms. The topological polar surface area (TPSA) is 107 Å². The number of carbonyl (C=O) groups is 3. The maximum atomic E-state index is 14.2. The molecule has 3 N–H and O–H groups in total. The molecule has 4 aromatic rings. The SMILES string of the molecule is CC(=O)Nc1nc(/C=C/C(=O)C2(Cc3c[nH]c4ccccc34)CNCCN2C(=O)c2cc(C(F)(F)F)cc(C(F)(F)F)c2)cs1. The van der Waals surface area contributed by atoms with E-state index in [0.29, 0.717) is 23.4 Å². The van der Waals surface area contributed by atoms with Crippen molar-refractivity contribution in [2.75, 3.05) is 25.0 Å². The lowest BCUT2D eigenvalue weighted by atomic mass is 9.82. The van der Waals surface area contributed by atoms with E-state index in [1.807, 2.05) is 0 Å². The van der Waals surface area contributed by atoms with Crippen LogP contribution in [0.4, 0.5) is 31.5 Å². The standard InChI is InChI=1S/C30H25F6N5O3S/c1-17(42)39-27-40-22(15-45-27)6-7-25(43)28(13-19-14-38-24-5-3-2-4-23(19)24)16-37-8-9-41(28)26(44)18-10-20(29(31,32)33)12-21(11-18)30(34,35)36/h2-7,10-12,14-15,37-38H,8-9,13,16H2,1H3,(H,39,40,42)/b7-6+. The molecule has 3 heterocycles. The van der Waals surface area contributed by atoms with Gasteiger partial charge in [-0.3, -0.25) is 14.4 Å². The number of alkyl halides is 6. The van der Waals surface area contributed by atoms with E-state index >= 15 is 0 Å². The molecule has 2 amide bonds. The Labute approximate surface area is 256 Å². The fourth-order valence-corrected chi connectivity index (χ4v) is 6.00. The predicted molar refractivity (Wildman–Crippen MR) is 156 cm³/mol. The van der Waals surface area contributed by atoms with Crippen LogP contribution in [0, 0.1) is 0 Å². The van der Waals surface area contributed by atoms with Gasteiger partial charge in [-0.1, -0.05) is 18.2 Å². The van der Waals surface area contributed by atoms with E-state index in [-0.39, 0.29) is 43.2 Å². The molecule has 15 heteroatoms. The van der Waals surface area contributed by atoms with E-state index in [2.05, 4.69) is 20.6 Å². The summed E-state index contributed by atoms with van der Waals surface area (Å²) in [6.07, 6.45) is -6.26. The third kappa shape index (κ3) is 6.78. The van der Waals surface area contributed by atoms with Crippen molar-refractivity contribution >= 4 is 51.0 Å². The van der Waals surface area contributed by atoms with Gasteiger partial charge in [0.2, 0.25) is 5.91 Å². The summed E-state index contributed by atoms with van der Waals surface area (Å²) in [7, 11) is 0. The minimum Gasteiger partial charge on any atom is -0.361 e. The first-order valence-electron chi connectivity index (χ1n) is 13.5. The number of aromatic amines is 1. The number of thiazole rings is 1. The molecule has 0 spiro atoms. The molecule has 1 aliphatic heterocycles. The maximum absolute atomic E-state index is 14.2. The Morgan fingerprint density at radius 3 is 2.42 bits per heavy atom. The van der Waals surface area contributed by atoms with Gasteiger partial charge in [0.1, 0.15) is 5.54 Å². The summed E-state index contributed by atoms with van der Waals surface area (Å²) >= 11 is 1.11. The second-order valence-corrected chi connectivity index (χ2v) is 11.3. The van der Waals surface area contributed by atoms with Crippen LogP contribution in [0.2, 0.25) is 0 Å². The molecule has 0 saturated carbocycles. The van der Waals surface area contributed by atoms with Gasteiger partial charge in [-0.2, -0.15) is 26.3 Å². The molecule has 2 aromatic carbocycles. The molecule has 2 aromatic heterocycles. The van der Waals surface area contributed by atoms with E-state index in [9.17, 15) is 40.7 Å². The van der Waals surface area contributed by atoms with Crippen molar-refractivity contribution in [3.63, 3.8) is 0 Å². The number of amides is 2. The zero-order chi connectivity index (χ0) is 32.6. The van der Waals surface area contributed by atoms with E-state index in [0.717, 1.165) is 27.1 Å². The van der Waals surface area contributed by atoms with Crippen molar-refractivity contribution < 1.29 is 40.7 Å². The average molecular weight is 650 g/mol. The van der Waals surface area contributed by atoms with Crippen LogP contribution in [0.1, 0.15) is 39.7 Å². The van der Waals surface area contributed by atoms with Crippen molar-refractivity contribution in [2.45, 2.75) is 31.2 Å². The van der Waals surface area contributed by atoms with Crippen molar-refractivity contribution in [3.05, 3.63) is 88.1 Å². The van der Waals surface area contributed by atoms with Crippen LogP contribution in [-0.4, -0.2) is 57.6 Å². The number of para-hydroxylation sites is 1. The minimum atomic E-state index is -5.16. The van der Waals surface area contributed by atoms with Gasteiger partial charge >= 0.3 is 12.4 Å². The van der Waals surface area contributed by atoms with Gasteiger partial charge in [0.25, 0.3) is 5.91 Å². The number of benzene rings is 2. The number of hydrogen-bond acceptors (Lipinski definition) is 6. The number of nitrogens with zero attached hydrogens (tertiary/aromatic N) is 2. The van der Waals surface area contributed by atoms with Crippen molar-refractivity contribution in [1.29, 1.82) is 0 Å². The van der Waals surface area contributed by atoms with Gasteiger partial charge in [0, 0.05) is 61.0 Å². The number of fused-ring (bicyclic) bond motifs is 1. The zero-order valence-electron chi connectivity index (χ0n) is 23.5. The number of anilines is 1. The van der Waals surface area contributed by atoms with Crippen LogP contribution in [0.15, 0.2) is 60.1 Å². The number of piperazine rings is 1. The second kappa shape index (κ2) is 12.1. The van der Waals surface area contributed by atoms with Crippen molar-refractivity contribution in [2.24, 2.45) is 0 Å². The van der Waals surface area contributed by atoms with Crippen LogP contribution in [0.25, 0.3) is 17.0 Å². The minimum absolute atomic E-state index is 0.0509. The third-order valence-corrected chi connectivity index (χ3v) is 8.13. The second-order valence-electron chi connectivity index (χ2n) is 10.5. The van der Waals surface area contributed by atoms with Crippen LogP contribution >= 0.6 is 11.3 Å². The van der Waals surface area contributed by atoms with Gasteiger partial charge in [-0.25, -0.2) is 4.98 Å². The average Bonchev–Trinajstić information content (AvgIpc) is 3.60. The molecule has 0 aliphatic carbocycles. The summed E-state index contributed by atoms with van der Waals surface area (Å²) in [4.78, 5) is 47.8. The molecule has 236 valence electrons. The monoisotopic (exact) mass is 649 g/mol. The molecule has 1 aliphatic rings. The van der Waals surface area contributed by atoms with E-state index in [1.54, 1.807) is 35.8 Å². The predicted octanol–water partition coefficient (Wildman–Crippen LogP) is 5.93. The molecule has 8 nitrogen and oxygen atoms in total. The summed E-state index contributed by atoms with van der Waals surface area (Å²) in [6.45, 7) is 1.12. The molecule has 0 bridgehead atoms. The summed E-state index contributed by atoms with van der Waals surface area (Å²) < 4.78 is 82.0. The Balaban J connectivity index is 1.60. The van der Waals surface area contributed by atoms with Gasteiger partial charge in [0.15, 0.2) is 10.9 Å². The Kier molecular flexibility index (Phi) is 8.60. The number of H-pyrrole nitrogens is 1. The highest BCUT2D eigenvalue weighted by Gasteiger charge is 2.48. The molecular formula is C30H25F6N5O3S. The molecular weight excluding hydrogens is 624 g/mol. The fourth-order valence-electron chi connectivity index (χ4n) is 5.27. The smallest absolute Gasteiger partial charge is 0.361 e. The number of rotatable bonds is 7. The highest BCUT2D eigenvalue weighted by Crippen LogP contribution is 2.38. The Morgan fingerprint density at radius 2 is 1.76 bits per heavy atom. The first-order valence-corrected chi connectivity index (χ1v) is 14.4. The molecule has 1 saturated heterocycles. The zero-order valence-corrected chi connectivity index (χ0v) is 24.3. The van der Waals surface area contributed by atoms with E-state index in [1.165, 1.54) is 19.1 Å². The largest absolute Gasteiger partial charge is 0.416 e. The van der Waals surface area contributed by atoms with Crippen LogP contribution in [-0.2, 0) is 28.4 Å². The van der Waals surface area contributed by atoms with Crippen molar-refractivity contribution in [3.8, 4) is 0 Å². The normalized spacial score (nSPS) is 17.6. The van der Waals surface area contributed by atoms with Gasteiger partial charge in [-0.15, -0.1) is 11.3 Å². The maximum Gasteiger partial charge on any atom is 0.416 e. The lowest BCUT2D eigenvalue weighted by Gasteiger charge is -2.46. The quantitative estimate of drug-likeness (QED) is 0.170. The summed E-state index contributed by atoms with van der Waals surface area (Å²) in [5, 5.41) is 8.17. The molecule has 1 fully saturated rings. The number of aromatic nitrogens is 2. The van der Waals surface area contributed by atoms with E-state index < -0.39 is 46.3 Å². The number of ketones is 1. The van der Waals surface area contributed by atoms with Gasteiger partial charge in [0.05, 0.1) is 16.8 Å². The van der Waals surface area contributed by atoms with E-state index in [4.69, 9.17) is 0 Å². The number of nitrogens with one attached hydrogen (secondary N) is 3. The lowest BCUT2D eigenvalue weighted by Crippen LogP contribution is -2.67. The number of halogens is 6. The van der Waals surface area contributed by atoms with Gasteiger partial charge < -0.3 is 20.5 Å². The first kappa shape index (κ1) is 31.9. The first-order chi connectivity index (χ1) is 21.2. The highest BCUT2D eigenvalue weighted by molar-refractivity contribution is 7.14. The third-order valence-electron chi connectivity index (χ3n) is 7.35. The molecule has 1 atom stereocenters. The molecule has 5 rings (SSSR count). The Hall–Kier alpha value is -4.50. The summed E-state index contributed by atoms with van der Waals surface area (Å²) in [6, 6.07) is 7.84. The fraction of sp³-hybridized carbons (Fsp3) is 0.267. The van der Waals surface area contributed by atoms with Crippen molar-refractivity contribution in [1.82, 2.24) is 20.2 Å². The Bertz CT molecular complexity index is 1760. The molecule has 0 radical (unpaired) electrons. The summed E-state index contributed by atoms with van der Waals surface area (Å²) in [5.74, 6) is -2.14. The van der Waals surface area contributed by atoms with Crippen LogP contribution in [0.3, 0.4) is 0 Å². The van der Waals surface area contributed by atoms with Crippen LogP contribution < -0.4 is 10.6 Å². The molecule has 1 unspecified atom stereocenters. The lowest BCUT2D eigenvalue weighted by molar-refractivity contribution is -0.143. The Morgan fingerprint density at radius 1 is 1.07 bits per heavy atom. The number of carbonyl (C=O) groups excluding carboxylic acids is 3. The number of hydrogen-bond donors (Lipinski definition) is 3.